The molecule has 0 saturated heterocycles. The van der Waals surface area contributed by atoms with Crippen molar-refractivity contribution in [1.29, 1.82) is 5.41 Å². The Hall–Kier alpha value is -2.43. The quantitative estimate of drug-likeness (QED) is 0.349. The van der Waals surface area contributed by atoms with Crippen molar-refractivity contribution in [3.8, 4) is 0 Å². The second kappa shape index (κ2) is 11.4. The normalized spacial score (nSPS) is 19.0. The highest BCUT2D eigenvalue weighted by molar-refractivity contribution is 6.11. The highest BCUT2D eigenvalue weighted by Crippen LogP contribution is 2.14. The van der Waals surface area contributed by atoms with E-state index in [-0.39, 0.29) is 6.04 Å². The Morgan fingerprint density at radius 3 is 2.61 bits per heavy atom. The van der Waals surface area contributed by atoms with Gasteiger partial charge < -0.3 is 30.8 Å². The Morgan fingerprint density at radius 2 is 1.96 bits per heavy atom. The minimum Gasteiger partial charge on any atom is -0.383 e. The molecule has 1 aromatic heterocycles. The Balaban J connectivity index is 2.28. The molecular weight excluding hydrogens is 365 g/mol. The van der Waals surface area contributed by atoms with Gasteiger partial charge in [-0.25, -0.2) is 14.4 Å². The molecule has 1 aliphatic heterocycles. The van der Waals surface area contributed by atoms with Crippen LogP contribution in [-0.2, 0) is 9.47 Å². The molecule has 2 heterocycles. The second-order valence-electron chi connectivity index (χ2n) is 6.10. The Kier molecular flexibility index (Phi) is 8.92. The van der Waals surface area contributed by atoms with E-state index < -0.39 is 11.9 Å². The van der Waals surface area contributed by atoms with Gasteiger partial charge in [0.15, 0.2) is 0 Å². The zero-order valence-electron chi connectivity index (χ0n) is 16.5. The lowest BCUT2D eigenvalue weighted by molar-refractivity contribution is 0.197. The summed E-state index contributed by atoms with van der Waals surface area (Å²) >= 11 is 0. The van der Waals surface area contributed by atoms with Gasteiger partial charge in [0.05, 0.1) is 25.5 Å². The predicted molar refractivity (Wildman–Crippen MR) is 108 cm³/mol. The van der Waals surface area contributed by atoms with Crippen molar-refractivity contribution >= 4 is 23.3 Å². The molecule has 1 aliphatic rings. The molecule has 2 atom stereocenters. The molecule has 2 rings (SSSR count). The summed E-state index contributed by atoms with van der Waals surface area (Å²) in [6.45, 7) is 4.03. The van der Waals surface area contributed by atoms with Crippen molar-refractivity contribution in [2.45, 2.75) is 25.4 Å². The molecule has 154 valence electrons. The van der Waals surface area contributed by atoms with Gasteiger partial charge in [-0.15, -0.1) is 0 Å². The van der Waals surface area contributed by atoms with E-state index in [2.05, 4.69) is 30.9 Å². The Labute approximate surface area is 164 Å². The fraction of sp³-hybridized carbons (Fsp3) is 0.556. The largest absolute Gasteiger partial charge is 0.383 e. The number of ether oxygens (including phenoxy) is 2. The maximum Gasteiger partial charge on any atom is 0.220 e. The summed E-state index contributed by atoms with van der Waals surface area (Å²) in [7, 11) is 3.24. The highest BCUT2D eigenvalue weighted by Gasteiger charge is 2.33. The average molecular weight is 393 g/mol. The van der Waals surface area contributed by atoms with Crippen LogP contribution in [0.4, 0.5) is 10.2 Å². The number of aliphatic imine (C=N–C) groups is 2. The number of hydrogen-bond acceptors (Lipinski definition) is 9. The number of pyridine rings is 1. The predicted octanol–water partition coefficient (Wildman–Crippen LogP) is 1.04. The molecule has 0 saturated carbocycles. The van der Waals surface area contributed by atoms with Crippen LogP contribution in [0.1, 0.15) is 13.3 Å². The van der Waals surface area contributed by atoms with Gasteiger partial charge in [-0.1, -0.05) is 6.92 Å². The zero-order valence-corrected chi connectivity index (χ0v) is 16.5. The van der Waals surface area contributed by atoms with E-state index in [0.29, 0.717) is 56.0 Å². The minimum absolute atomic E-state index is 0.359. The summed E-state index contributed by atoms with van der Waals surface area (Å²) in [5.74, 6) is 1.00. The summed E-state index contributed by atoms with van der Waals surface area (Å²) in [5, 5.41) is 17.9. The van der Waals surface area contributed by atoms with E-state index in [1.54, 1.807) is 14.2 Å². The number of hydrogen-bond donors (Lipinski definition) is 4. The molecule has 0 aliphatic carbocycles. The van der Waals surface area contributed by atoms with Crippen molar-refractivity contribution in [1.82, 2.24) is 15.6 Å². The molecule has 0 radical (unpaired) electrons. The molecule has 9 nitrogen and oxygen atoms in total. The zero-order chi connectivity index (χ0) is 20.4. The number of methoxy groups -OCH3 is 2. The van der Waals surface area contributed by atoms with Crippen LogP contribution in [0.15, 0.2) is 28.3 Å². The van der Waals surface area contributed by atoms with Gasteiger partial charge in [-0.2, -0.15) is 4.99 Å². The number of anilines is 1. The van der Waals surface area contributed by atoms with Crippen LogP contribution >= 0.6 is 0 Å². The van der Waals surface area contributed by atoms with Crippen LogP contribution in [0.2, 0.25) is 0 Å². The molecule has 1 aromatic rings. The SMILES string of the molecule is CCC(=N)C1N=C(NCCOC)N=C(Nc2ccc(F)cn2)C1NCCOC. The molecule has 0 aromatic carbocycles. The van der Waals surface area contributed by atoms with Crippen LogP contribution in [0.25, 0.3) is 0 Å². The first-order chi connectivity index (χ1) is 13.6. The van der Waals surface area contributed by atoms with Gasteiger partial charge in [-0.05, 0) is 18.6 Å². The lowest BCUT2D eigenvalue weighted by atomic mass is 9.99. The number of aromatic nitrogens is 1. The van der Waals surface area contributed by atoms with E-state index >= 15 is 0 Å². The van der Waals surface area contributed by atoms with Crippen molar-refractivity contribution in [2.75, 3.05) is 45.8 Å². The molecule has 4 N–H and O–H groups in total. The highest BCUT2D eigenvalue weighted by atomic mass is 19.1. The molecule has 10 heteroatoms. The minimum atomic E-state index is -0.438. The van der Waals surface area contributed by atoms with Crippen molar-refractivity contribution < 1.29 is 13.9 Å². The van der Waals surface area contributed by atoms with Gasteiger partial charge in [0.2, 0.25) is 5.96 Å². The number of amidine groups is 1. The van der Waals surface area contributed by atoms with Gasteiger partial charge in [0.1, 0.15) is 23.5 Å². The molecule has 0 fully saturated rings. The maximum absolute atomic E-state index is 13.2. The summed E-state index contributed by atoms with van der Waals surface area (Å²) in [5.41, 5.74) is 0.474. The van der Waals surface area contributed by atoms with E-state index in [0.717, 1.165) is 6.20 Å². The maximum atomic E-state index is 13.2. The van der Waals surface area contributed by atoms with Crippen molar-refractivity contribution in [3.05, 3.63) is 24.1 Å². The third kappa shape index (κ3) is 6.32. The Morgan fingerprint density at radius 1 is 1.21 bits per heavy atom. The average Bonchev–Trinajstić information content (AvgIpc) is 2.70. The van der Waals surface area contributed by atoms with Crippen LogP contribution < -0.4 is 16.0 Å². The molecule has 28 heavy (non-hydrogen) atoms. The fourth-order valence-electron chi connectivity index (χ4n) is 2.62. The van der Waals surface area contributed by atoms with Crippen molar-refractivity contribution in [3.63, 3.8) is 0 Å². The topological polar surface area (TPSA) is 116 Å². The van der Waals surface area contributed by atoms with Crippen LogP contribution in [0, 0.1) is 11.2 Å². The summed E-state index contributed by atoms with van der Waals surface area (Å²) in [6.07, 6.45) is 1.69. The third-order valence-corrected chi connectivity index (χ3v) is 4.08. The monoisotopic (exact) mass is 393 g/mol. The van der Waals surface area contributed by atoms with Gasteiger partial charge in [-0.3, -0.25) is 0 Å². The van der Waals surface area contributed by atoms with Gasteiger partial charge in [0, 0.05) is 33.0 Å². The first-order valence-corrected chi connectivity index (χ1v) is 9.16. The molecule has 0 bridgehead atoms. The van der Waals surface area contributed by atoms with Crippen molar-refractivity contribution in [2.24, 2.45) is 9.98 Å². The van der Waals surface area contributed by atoms with Gasteiger partial charge >= 0.3 is 0 Å². The number of guanidine groups is 1. The van der Waals surface area contributed by atoms with E-state index in [4.69, 9.17) is 14.9 Å². The summed E-state index contributed by atoms with van der Waals surface area (Å²) in [4.78, 5) is 13.2. The van der Waals surface area contributed by atoms with Crippen LogP contribution in [0.3, 0.4) is 0 Å². The second-order valence-corrected chi connectivity index (χ2v) is 6.10. The lowest BCUT2D eigenvalue weighted by Crippen LogP contribution is -2.55. The first kappa shape index (κ1) is 21.9. The fourth-order valence-corrected chi connectivity index (χ4v) is 2.62. The number of nitrogens with one attached hydrogen (secondary N) is 4. The number of nitrogens with zero attached hydrogens (tertiary/aromatic N) is 3. The Bertz CT molecular complexity index is 694. The van der Waals surface area contributed by atoms with Crippen LogP contribution in [-0.4, -0.2) is 75.1 Å². The summed E-state index contributed by atoms with van der Waals surface area (Å²) < 4.78 is 23.3. The molecule has 2 unspecified atom stereocenters. The smallest absolute Gasteiger partial charge is 0.220 e. The van der Waals surface area contributed by atoms with E-state index in [1.807, 2.05) is 6.92 Å². The first-order valence-electron chi connectivity index (χ1n) is 9.16. The van der Waals surface area contributed by atoms with E-state index in [9.17, 15) is 4.39 Å². The van der Waals surface area contributed by atoms with E-state index in [1.165, 1.54) is 12.1 Å². The molecule has 0 amide bonds. The molecular formula is C18H28FN7O2. The number of rotatable bonds is 10. The molecule has 0 spiro atoms. The third-order valence-electron chi connectivity index (χ3n) is 4.08. The standard InChI is InChI=1S/C18H28FN7O2/c1-4-13(20)15-16(21-7-9-27-2)17(24-14-6-5-12(19)11-23-14)26-18(25-15)22-8-10-28-3/h5-6,11,15-16,20-21H,4,7-10H2,1-3H3,(H2,22,23,24,25,26). The number of halogens is 1. The lowest BCUT2D eigenvalue weighted by Gasteiger charge is -2.31. The van der Waals surface area contributed by atoms with Crippen LogP contribution in [0.5, 0.6) is 0 Å². The van der Waals surface area contributed by atoms with Gasteiger partial charge in [0.25, 0.3) is 0 Å². The summed E-state index contributed by atoms with van der Waals surface area (Å²) in [6, 6.07) is 2.06.